The summed E-state index contributed by atoms with van der Waals surface area (Å²) in [7, 11) is 0. The van der Waals surface area contributed by atoms with Crippen molar-refractivity contribution in [3.63, 3.8) is 0 Å². The summed E-state index contributed by atoms with van der Waals surface area (Å²) in [6, 6.07) is 9.56. The van der Waals surface area contributed by atoms with E-state index in [1.165, 1.54) is 12.8 Å². The lowest BCUT2D eigenvalue weighted by atomic mass is 10.2. The van der Waals surface area contributed by atoms with Gasteiger partial charge in [-0.1, -0.05) is 5.16 Å². The van der Waals surface area contributed by atoms with E-state index in [0.29, 0.717) is 12.5 Å². The highest BCUT2D eigenvalue weighted by Gasteiger charge is 2.30. The highest BCUT2D eigenvalue weighted by Crippen LogP contribution is 2.40. The van der Waals surface area contributed by atoms with Crippen molar-refractivity contribution in [2.45, 2.75) is 50.7 Å². The van der Waals surface area contributed by atoms with E-state index in [9.17, 15) is 4.79 Å². The highest BCUT2D eigenvalue weighted by atomic mass is 16.5. The third-order valence-corrected chi connectivity index (χ3v) is 5.65. The zero-order chi connectivity index (χ0) is 18.9. The van der Waals surface area contributed by atoms with E-state index in [1.807, 2.05) is 12.1 Å². The fourth-order valence-electron chi connectivity index (χ4n) is 3.94. The average Bonchev–Trinajstić information content (AvgIpc) is 3.32. The van der Waals surface area contributed by atoms with Crippen molar-refractivity contribution < 1.29 is 4.52 Å². The van der Waals surface area contributed by atoms with Crippen LogP contribution in [0.4, 0.5) is 0 Å². The van der Waals surface area contributed by atoms with Crippen LogP contribution < -0.4 is 5.56 Å². The normalized spacial score (nSPS) is 19.9. The predicted molar refractivity (Wildman–Crippen MR) is 104 cm³/mol. The molecule has 3 aromatic heterocycles. The minimum atomic E-state index is -0.0675. The summed E-state index contributed by atoms with van der Waals surface area (Å²) in [4.78, 5) is 18.8. The van der Waals surface area contributed by atoms with Gasteiger partial charge in [0.25, 0.3) is 5.56 Å². The number of aromatic nitrogens is 4. The second-order valence-electron chi connectivity index (χ2n) is 7.74. The molecule has 2 aliphatic rings. The molecule has 0 amide bonds. The van der Waals surface area contributed by atoms with Gasteiger partial charge in [0.05, 0.1) is 17.9 Å². The van der Waals surface area contributed by atoms with Gasteiger partial charge in [-0.15, -0.1) is 0 Å². The lowest BCUT2D eigenvalue weighted by molar-refractivity contribution is 0.211. The molecule has 5 rings (SSSR count). The number of rotatable bonds is 6. The van der Waals surface area contributed by atoms with Crippen molar-refractivity contribution in [2.75, 3.05) is 6.54 Å². The first kappa shape index (κ1) is 17.3. The van der Waals surface area contributed by atoms with Gasteiger partial charge in [-0.2, -0.15) is 5.10 Å². The van der Waals surface area contributed by atoms with E-state index in [0.717, 1.165) is 48.6 Å². The summed E-state index contributed by atoms with van der Waals surface area (Å²) < 4.78 is 7.08. The summed E-state index contributed by atoms with van der Waals surface area (Å²) >= 11 is 0. The highest BCUT2D eigenvalue weighted by molar-refractivity contribution is 5.56. The van der Waals surface area contributed by atoms with Crippen LogP contribution in [-0.2, 0) is 13.1 Å². The summed E-state index contributed by atoms with van der Waals surface area (Å²) in [5, 5.41) is 8.85. The van der Waals surface area contributed by atoms with Crippen molar-refractivity contribution in [3.8, 4) is 11.3 Å². The Hall–Kier alpha value is -2.80. The molecule has 0 aromatic carbocycles. The van der Waals surface area contributed by atoms with Crippen molar-refractivity contribution >= 4 is 0 Å². The van der Waals surface area contributed by atoms with Gasteiger partial charge in [0.2, 0.25) is 0 Å². The fourth-order valence-corrected chi connectivity index (χ4v) is 3.94. The average molecular weight is 377 g/mol. The molecule has 0 radical (unpaired) electrons. The first-order valence-electron chi connectivity index (χ1n) is 9.94. The Morgan fingerprint density at radius 2 is 1.96 bits per heavy atom. The number of likely N-dealkylation sites (tertiary alicyclic amines) is 1. The van der Waals surface area contributed by atoms with Crippen LogP contribution in [0.15, 0.2) is 52.0 Å². The van der Waals surface area contributed by atoms with Crippen molar-refractivity contribution in [3.05, 3.63) is 64.5 Å². The second-order valence-corrected chi connectivity index (χ2v) is 7.74. The lowest BCUT2D eigenvalue weighted by Gasteiger charge is -2.23. The molecule has 0 spiro atoms. The molecule has 28 heavy (non-hydrogen) atoms. The van der Waals surface area contributed by atoms with E-state index < -0.39 is 0 Å². The molecule has 1 unspecified atom stereocenters. The van der Waals surface area contributed by atoms with E-state index in [4.69, 9.17) is 4.52 Å². The van der Waals surface area contributed by atoms with Gasteiger partial charge in [0, 0.05) is 48.6 Å². The zero-order valence-electron chi connectivity index (χ0n) is 15.7. The quantitative estimate of drug-likeness (QED) is 0.657. The van der Waals surface area contributed by atoms with Crippen molar-refractivity contribution in [1.82, 2.24) is 24.8 Å². The third-order valence-electron chi connectivity index (χ3n) is 5.65. The molecular formula is C21H23N5O2. The summed E-state index contributed by atoms with van der Waals surface area (Å²) in [5.74, 6) is 1.60. The summed E-state index contributed by atoms with van der Waals surface area (Å²) in [6.07, 6.45) is 8.07. The van der Waals surface area contributed by atoms with Crippen LogP contribution in [0.3, 0.4) is 0 Å². The molecule has 7 heteroatoms. The molecule has 1 aliphatic heterocycles. The standard InChI is InChI=1S/C21H23N5O2/c27-21-6-5-19(15-7-9-22-10-8-15)23-26(21)14-18-2-1-11-25(18)13-17-12-20(28-24-17)16-3-4-16/h5-10,12,16,18H,1-4,11,13-14H2. The van der Waals surface area contributed by atoms with Crippen LogP contribution >= 0.6 is 0 Å². The molecule has 1 aliphatic carbocycles. The maximum absolute atomic E-state index is 12.4. The molecule has 1 saturated carbocycles. The SMILES string of the molecule is O=c1ccc(-c2ccncc2)nn1CC1CCCN1Cc1cc(C2CC2)on1. The molecule has 4 heterocycles. The monoisotopic (exact) mass is 377 g/mol. The number of nitrogens with zero attached hydrogens (tertiary/aromatic N) is 5. The molecule has 3 aromatic rings. The van der Waals surface area contributed by atoms with Gasteiger partial charge >= 0.3 is 0 Å². The van der Waals surface area contributed by atoms with Gasteiger partial charge in [-0.05, 0) is 50.4 Å². The maximum Gasteiger partial charge on any atom is 0.266 e. The first-order valence-corrected chi connectivity index (χ1v) is 9.94. The number of hydrogen-bond donors (Lipinski definition) is 0. The first-order chi connectivity index (χ1) is 13.8. The van der Waals surface area contributed by atoms with E-state index >= 15 is 0 Å². The molecule has 0 N–H and O–H groups in total. The molecule has 0 bridgehead atoms. The minimum absolute atomic E-state index is 0.0675. The van der Waals surface area contributed by atoms with Crippen LogP contribution in [0.5, 0.6) is 0 Å². The van der Waals surface area contributed by atoms with Gasteiger partial charge < -0.3 is 4.52 Å². The smallest absolute Gasteiger partial charge is 0.266 e. The third kappa shape index (κ3) is 3.62. The summed E-state index contributed by atoms with van der Waals surface area (Å²) in [5.41, 5.74) is 2.67. The number of hydrogen-bond acceptors (Lipinski definition) is 6. The van der Waals surface area contributed by atoms with Crippen molar-refractivity contribution in [2.24, 2.45) is 0 Å². The molecule has 2 fully saturated rings. The Morgan fingerprint density at radius 1 is 1.11 bits per heavy atom. The molecule has 144 valence electrons. The Morgan fingerprint density at radius 3 is 2.79 bits per heavy atom. The lowest BCUT2D eigenvalue weighted by Crippen LogP contribution is -2.36. The maximum atomic E-state index is 12.4. The molecular weight excluding hydrogens is 354 g/mol. The molecule has 1 atom stereocenters. The van der Waals surface area contributed by atoms with Gasteiger partial charge in [0.1, 0.15) is 5.76 Å². The van der Waals surface area contributed by atoms with Gasteiger partial charge in [-0.3, -0.25) is 14.7 Å². The van der Waals surface area contributed by atoms with E-state index in [2.05, 4.69) is 26.2 Å². The number of pyridine rings is 1. The largest absolute Gasteiger partial charge is 0.361 e. The Labute approximate surface area is 163 Å². The van der Waals surface area contributed by atoms with Crippen LogP contribution in [0.25, 0.3) is 11.3 Å². The second kappa shape index (κ2) is 7.31. The zero-order valence-corrected chi connectivity index (χ0v) is 15.7. The van der Waals surface area contributed by atoms with Crippen LogP contribution in [0.1, 0.15) is 43.1 Å². The summed E-state index contributed by atoms with van der Waals surface area (Å²) in [6.45, 7) is 2.36. The van der Waals surface area contributed by atoms with Crippen LogP contribution in [-0.4, -0.2) is 37.4 Å². The van der Waals surface area contributed by atoms with E-state index in [1.54, 1.807) is 29.2 Å². The van der Waals surface area contributed by atoms with Gasteiger partial charge in [-0.25, -0.2) is 4.68 Å². The topological polar surface area (TPSA) is 77.0 Å². The van der Waals surface area contributed by atoms with Crippen LogP contribution in [0.2, 0.25) is 0 Å². The molecule has 1 saturated heterocycles. The van der Waals surface area contributed by atoms with E-state index in [-0.39, 0.29) is 11.6 Å². The predicted octanol–water partition coefficient (Wildman–Crippen LogP) is 2.84. The minimum Gasteiger partial charge on any atom is -0.361 e. The Bertz CT molecular complexity index is 1010. The van der Waals surface area contributed by atoms with Gasteiger partial charge in [0.15, 0.2) is 0 Å². The van der Waals surface area contributed by atoms with Crippen molar-refractivity contribution in [1.29, 1.82) is 0 Å². The Kier molecular flexibility index (Phi) is 4.52. The Balaban J connectivity index is 1.32. The fraction of sp³-hybridized carbons (Fsp3) is 0.429. The molecule has 7 nitrogen and oxygen atoms in total. The van der Waals surface area contributed by atoms with Crippen LogP contribution in [0, 0.1) is 0 Å².